The van der Waals surface area contributed by atoms with Crippen molar-refractivity contribution in [3.05, 3.63) is 50.1 Å². The van der Waals surface area contributed by atoms with Gasteiger partial charge in [-0.2, -0.15) is 0 Å². The van der Waals surface area contributed by atoms with Crippen LogP contribution in [0, 0.1) is 49.3 Å². The molecule has 0 saturated heterocycles. The predicted octanol–water partition coefficient (Wildman–Crippen LogP) is 5.17. The Morgan fingerprint density at radius 1 is 1.06 bits per heavy atom. The van der Waals surface area contributed by atoms with Crippen molar-refractivity contribution in [2.24, 2.45) is 34.2 Å². The second-order valence-electron chi connectivity index (χ2n) is 10.3. The molecule has 0 unspecified atom stereocenters. The lowest BCUT2D eigenvalue weighted by Crippen LogP contribution is -2.47. The van der Waals surface area contributed by atoms with E-state index in [2.05, 4.69) is 18.2 Å². The van der Waals surface area contributed by atoms with Crippen molar-refractivity contribution in [2.45, 2.75) is 64.4 Å². The van der Waals surface area contributed by atoms with Crippen LogP contribution in [-0.2, 0) is 0 Å². The molecule has 33 heavy (non-hydrogen) atoms. The van der Waals surface area contributed by atoms with Crippen LogP contribution in [0.5, 0.6) is 5.75 Å². The molecule has 6 atom stereocenters. The van der Waals surface area contributed by atoms with Crippen LogP contribution in [0.15, 0.2) is 35.0 Å². The SMILES string of the molecule is C[C@]12CC[C@H]3[C@@H](CCC4=C/C(=N\Oc5ccc([N+](=O)[O-])cc5[N+](=O)[O-])CC[C@@H]43)[C@@H]1CC[C@@H]2O. The molecule has 1 aromatic carbocycles. The van der Waals surface area contributed by atoms with Crippen LogP contribution in [0.25, 0.3) is 0 Å². The van der Waals surface area contributed by atoms with Gasteiger partial charge in [0.2, 0.25) is 5.75 Å². The van der Waals surface area contributed by atoms with Gasteiger partial charge in [0.25, 0.3) is 5.69 Å². The molecular formula is C24H29N3O6. The zero-order valence-electron chi connectivity index (χ0n) is 18.7. The van der Waals surface area contributed by atoms with Gasteiger partial charge in [0, 0.05) is 6.07 Å². The zero-order valence-corrected chi connectivity index (χ0v) is 18.7. The van der Waals surface area contributed by atoms with Gasteiger partial charge in [-0.3, -0.25) is 20.2 Å². The number of aliphatic hydroxyl groups is 1. The summed E-state index contributed by atoms with van der Waals surface area (Å²) < 4.78 is 0. The Balaban J connectivity index is 1.32. The minimum absolute atomic E-state index is 0.0803. The highest BCUT2D eigenvalue weighted by Gasteiger charge is 2.55. The van der Waals surface area contributed by atoms with Gasteiger partial charge in [-0.05, 0) is 92.6 Å². The summed E-state index contributed by atoms with van der Waals surface area (Å²) in [4.78, 5) is 26.3. The summed E-state index contributed by atoms with van der Waals surface area (Å²) in [6.07, 6.45) is 10.1. The summed E-state index contributed by atoms with van der Waals surface area (Å²) in [5.74, 6) is 2.40. The number of fused-ring (bicyclic) bond motifs is 5. The van der Waals surface area contributed by atoms with E-state index in [1.165, 1.54) is 17.7 Å². The highest BCUT2D eigenvalue weighted by Crippen LogP contribution is 2.61. The fourth-order valence-electron chi connectivity index (χ4n) is 7.19. The quantitative estimate of drug-likeness (QED) is 0.492. The van der Waals surface area contributed by atoms with E-state index in [4.69, 9.17) is 4.84 Å². The van der Waals surface area contributed by atoms with E-state index in [0.29, 0.717) is 23.7 Å². The first-order chi connectivity index (χ1) is 15.8. The van der Waals surface area contributed by atoms with Gasteiger partial charge in [0.15, 0.2) is 0 Å². The molecule has 9 heteroatoms. The summed E-state index contributed by atoms with van der Waals surface area (Å²) in [6, 6.07) is 3.29. The van der Waals surface area contributed by atoms with Crippen LogP contribution in [0.3, 0.4) is 0 Å². The molecular weight excluding hydrogens is 426 g/mol. The Kier molecular flexibility index (Phi) is 5.47. The molecule has 0 spiro atoms. The van der Waals surface area contributed by atoms with Crippen molar-refractivity contribution in [1.82, 2.24) is 0 Å². The van der Waals surface area contributed by atoms with Crippen molar-refractivity contribution >= 4 is 17.1 Å². The number of nitro groups is 2. The number of non-ortho nitro benzene ring substituents is 1. The highest BCUT2D eigenvalue weighted by molar-refractivity contribution is 5.96. The number of oxime groups is 1. The molecule has 0 heterocycles. The summed E-state index contributed by atoms with van der Waals surface area (Å²) >= 11 is 0. The molecule has 0 amide bonds. The Morgan fingerprint density at radius 3 is 2.64 bits per heavy atom. The van der Waals surface area contributed by atoms with Crippen molar-refractivity contribution in [3.63, 3.8) is 0 Å². The first-order valence-corrected chi connectivity index (χ1v) is 11.8. The number of nitrogens with zero attached hydrogens (tertiary/aromatic N) is 3. The van der Waals surface area contributed by atoms with E-state index in [9.17, 15) is 25.3 Å². The largest absolute Gasteiger partial charge is 0.393 e. The van der Waals surface area contributed by atoms with Crippen LogP contribution in [0.4, 0.5) is 11.4 Å². The van der Waals surface area contributed by atoms with Crippen molar-refractivity contribution in [3.8, 4) is 5.75 Å². The van der Waals surface area contributed by atoms with E-state index < -0.39 is 15.5 Å². The minimum atomic E-state index is -0.698. The maximum Gasteiger partial charge on any atom is 0.321 e. The van der Waals surface area contributed by atoms with Gasteiger partial charge in [0.05, 0.1) is 27.7 Å². The Hall–Kier alpha value is -2.81. The summed E-state index contributed by atoms with van der Waals surface area (Å²) in [6.45, 7) is 2.29. The Morgan fingerprint density at radius 2 is 1.88 bits per heavy atom. The third-order valence-corrected chi connectivity index (χ3v) is 8.88. The first kappa shape index (κ1) is 22.0. The summed E-state index contributed by atoms with van der Waals surface area (Å²) in [7, 11) is 0. The third kappa shape index (κ3) is 3.72. The molecule has 1 N–H and O–H groups in total. The fourth-order valence-corrected chi connectivity index (χ4v) is 7.19. The number of benzene rings is 1. The smallest absolute Gasteiger partial charge is 0.321 e. The number of rotatable bonds is 4. The molecule has 5 rings (SSSR count). The molecule has 0 radical (unpaired) electrons. The molecule has 0 aromatic heterocycles. The zero-order chi connectivity index (χ0) is 23.3. The van der Waals surface area contributed by atoms with Crippen molar-refractivity contribution < 1.29 is 19.8 Å². The van der Waals surface area contributed by atoms with Crippen LogP contribution >= 0.6 is 0 Å². The van der Waals surface area contributed by atoms with Gasteiger partial charge in [-0.25, -0.2) is 0 Å². The lowest BCUT2D eigenvalue weighted by atomic mass is 9.52. The lowest BCUT2D eigenvalue weighted by molar-refractivity contribution is -0.394. The highest BCUT2D eigenvalue weighted by atomic mass is 16.7. The van der Waals surface area contributed by atoms with Gasteiger partial charge in [-0.15, -0.1) is 0 Å². The summed E-state index contributed by atoms with van der Waals surface area (Å²) in [5, 5.41) is 37.0. The molecule has 0 aliphatic heterocycles. The molecule has 4 aliphatic carbocycles. The standard InChI is InChI=1S/C24H29N3O6/c1-24-11-10-18-17-6-3-15(12-14(17)2-5-19(18)20(24)7-9-23(24)28)25-33-22-8-4-16(26(29)30)13-21(22)27(31)32/h4,8,12-13,17-20,23,28H,2-3,5-7,9-11H2,1H3/b25-15-/t17-,18+,19+,20-,23-,24-/m0/s1. The van der Waals surface area contributed by atoms with Crippen LogP contribution < -0.4 is 4.84 Å². The number of aliphatic hydroxyl groups excluding tert-OH is 1. The van der Waals surface area contributed by atoms with Gasteiger partial charge in [-0.1, -0.05) is 17.7 Å². The molecule has 9 nitrogen and oxygen atoms in total. The van der Waals surface area contributed by atoms with Crippen LogP contribution in [-0.4, -0.2) is 26.8 Å². The summed E-state index contributed by atoms with van der Waals surface area (Å²) in [5.41, 5.74) is 1.39. The molecule has 3 saturated carbocycles. The Bertz CT molecular complexity index is 1050. The van der Waals surface area contributed by atoms with Gasteiger partial charge >= 0.3 is 5.69 Å². The normalized spacial score (nSPS) is 36.4. The molecule has 176 valence electrons. The lowest BCUT2D eigenvalue weighted by Gasteiger charge is -2.53. The Labute approximate surface area is 191 Å². The molecule has 0 bridgehead atoms. The number of allylic oxidation sites excluding steroid dienone is 2. The fraction of sp³-hybridized carbons (Fsp3) is 0.625. The van der Waals surface area contributed by atoms with Crippen molar-refractivity contribution in [2.75, 3.05) is 0 Å². The van der Waals surface area contributed by atoms with Gasteiger partial charge in [0.1, 0.15) is 0 Å². The third-order valence-electron chi connectivity index (χ3n) is 8.88. The van der Waals surface area contributed by atoms with Crippen molar-refractivity contribution in [1.29, 1.82) is 0 Å². The average Bonchev–Trinajstić information content (AvgIpc) is 3.11. The monoisotopic (exact) mass is 455 g/mol. The van der Waals surface area contributed by atoms with Gasteiger partial charge < -0.3 is 9.94 Å². The second-order valence-corrected chi connectivity index (χ2v) is 10.3. The van der Waals surface area contributed by atoms with Crippen LogP contribution in [0.2, 0.25) is 0 Å². The maximum atomic E-state index is 11.3. The number of hydrogen-bond donors (Lipinski definition) is 1. The topological polar surface area (TPSA) is 128 Å². The molecule has 1 aromatic rings. The predicted molar refractivity (Wildman–Crippen MR) is 121 cm³/mol. The molecule has 4 aliphatic rings. The van der Waals surface area contributed by atoms with E-state index in [0.717, 1.165) is 63.1 Å². The number of nitro benzene ring substituents is 2. The number of hydrogen-bond acceptors (Lipinski definition) is 7. The molecule has 3 fully saturated rings. The van der Waals surface area contributed by atoms with E-state index in [-0.39, 0.29) is 23.0 Å². The second kappa shape index (κ2) is 8.20. The maximum absolute atomic E-state index is 11.3. The van der Waals surface area contributed by atoms with Crippen LogP contribution in [0.1, 0.15) is 58.3 Å². The van der Waals surface area contributed by atoms with E-state index >= 15 is 0 Å². The van der Waals surface area contributed by atoms with E-state index in [1.54, 1.807) is 0 Å². The average molecular weight is 456 g/mol. The van der Waals surface area contributed by atoms with E-state index in [1.807, 2.05) is 0 Å². The first-order valence-electron chi connectivity index (χ1n) is 11.8. The minimum Gasteiger partial charge on any atom is -0.393 e.